The predicted molar refractivity (Wildman–Crippen MR) is 104 cm³/mol. The van der Waals surface area contributed by atoms with Crippen molar-refractivity contribution in [2.75, 3.05) is 31.2 Å². The second-order valence-corrected chi connectivity index (χ2v) is 6.43. The molecule has 0 saturated carbocycles. The lowest BCUT2D eigenvalue weighted by Gasteiger charge is -2.17. The third-order valence-electron chi connectivity index (χ3n) is 3.52. The number of hydrogen-bond donors (Lipinski definition) is 2. The lowest BCUT2D eigenvalue weighted by atomic mass is 10.2. The average molecular weight is 410 g/mol. The van der Waals surface area contributed by atoms with Gasteiger partial charge < -0.3 is 20.7 Å². The van der Waals surface area contributed by atoms with Crippen molar-refractivity contribution in [2.45, 2.75) is 0 Å². The summed E-state index contributed by atoms with van der Waals surface area (Å²) in [5.74, 6) is -1.78. The first-order chi connectivity index (χ1) is 12.8. The van der Waals surface area contributed by atoms with Crippen molar-refractivity contribution in [1.29, 1.82) is 0 Å². The minimum Gasteiger partial charge on any atom is -0.452 e. The van der Waals surface area contributed by atoms with Crippen LogP contribution in [0.1, 0.15) is 10.4 Å². The number of hydrogen-bond acceptors (Lipinski definition) is 5. The highest BCUT2D eigenvalue weighted by atomic mass is 35.5. The summed E-state index contributed by atoms with van der Waals surface area (Å²) in [7, 11) is 1.41. The number of halogens is 2. The third-order valence-corrected chi connectivity index (χ3v) is 4.08. The Balaban J connectivity index is 1.86. The highest BCUT2D eigenvalue weighted by Crippen LogP contribution is 2.20. The molecule has 7 nitrogen and oxygen atoms in total. The van der Waals surface area contributed by atoms with E-state index >= 15 is 0 Å². The maximum Gasteiger partial charge on any atom is 0.340 e. The largest absolute Gasteiger partial charge is 0.452 e. The predicted octanol–water partition coefficient (Wildman–Crippen LogP) is 2.83. The van der Waals surface area contributed by atoms with E-state index in [9.17, 15) is 14.4 Å². The highest BCUT2D eigenvalue weighted by molar-refractivity contribution is 6.33. The van der Waals surface area contributed by atoms with Gasteiger partial charge in [0.1, 0.15) is 0 Å². The monoisotopic (exact) mass is 409 g/mol. The Labute approximate surface area is 166 Å². The van der Waals surface area contributed by atoms with Crippen LogP contribution in [0, 0.1) is 0 Å². The summed E-state index contributed by atoms with van der Waals surface area (Å²) in [4.78, 5) is 37.2. The van der Waals surface area contributed by atoms with Gasteiger partial charge in [-0.15, -0.1) is 0 Å². The van der Waals surface area contributed by atoms with Crippen LogP contribution in [0.5, 0.6) is 0 Å². The Morgan fingerprint density at radius 3 is 2.56 bits per heavy atom. The maximum atomic E-state index is 12.1. The van der Waals surface area contributed by atoms with Crippen LogP contribution < -0.4 is 11.1 Å². The van der Waals surface area contributed by atoms with E-state index in [1.54, 1.807) is 24.3 Å². The van der Waals surface area contributed by atoms with E-state index in [1.807, 2.05) is 0 Å². The number of nitrogens with zero attached hydrogens (tertiary/aromatic N) is 1. The second kappa shape index (κ2) is 9.25. The van der Waals surface area contributed by atoms with E-state index in [2.05, 4.69) is 5.32 Å². The Morgan fingerprint density at radius 1 is 1.15 bits per heavy atom. The van der Waals surface area contributed by atoms with Gasteiger partial charge in [0.15, 0.2) is 6.61 Å². The number of carbonyl (C=O) groups is 3. The molecule has 2 amide bonds. The molecular weight excluding hydrogens is 393 g/mol. The quantitative estimate of drug-likeness (QED) is 0.563. The second-order valence-electron chi connectivity index (χ2n) is 5.59. The summed E-state index contributed by atoms with van der Waals surface area (Å²) in [6, 6.07) is 11.1. The van der Waals surface area contributed by atoms with Crippen molar-refractivity contribution in [3.05, 3.63) is 58.1 Å². The van der Waals surface area contributed by atoms with Gasteiger partial charge in [-0.2, -0.15) is 0 Å². The standard InChI is InChI=1S/C18H17Cl2N3O4/c1-23(9-16(24)22-15-5-3-2-4-13(15)20)17(25)10-27-18(26)12-8-11(19)6-7-14(12)21/h2-8H,9-10,21H2,1H3,(H,22,24). The Kier molecular flexibility index (Phi) is 7.04. The maximum absolute atomic E-state index is 12.1. The Bertz CT molecular complexity index is 873. The summed E-state index contributed by atoms with van der Waals surface area (Å²) in [5, 5.41) is 3.29. The van der Waals surface area contributed by atoms with Crippen LogP contribution >= 0.6 is 23.2 Å². The van der Waals surface area contributed by atoms with E-state index in [0.717, 1.165) is 4.90 Å². The number of nitrogens with two attached hydrogens (primary N) is 1. The molecule has 2 rings (SSSR count). The number of nitrogens with one attached hydrogen (secondary N) is 1. The number of benzene rings is 2. The first kappa shape index (κ1) is 20.5. The van der Waals surface area contributed by atoms with Crippen molar-refractivity contribution in [1.82, 2.24) is 4.90 Å². The van der Waals surface area contributed by atoms with E-state index in [1.165, 1.54) is 25.2 Å². The smallest absolute Gasteiger partial charge is 0.340 e. The number of amides is 2. The molecule has 0 aliphatic heterocycles. The van der Waals surface area contributed by atoms with Gasteiger partial charge in [0.2, 0.25) is 5.91 Å². The van der Waals surface area contributed by atoms with E-state index in [4.69, 9.17) is 33.7 Å². The molecule has 0 radical (unpaired) electrons. The molecule has 0 aliphatic carbocycles. The van der Waals surface area contributed by atoms with E-state index in [-0.39, 0.29) is 17.8 Å². The van der Waals surface area contributed by atoms with Gasteiger partial charge in [-0.3, -0.25) is 9.59 Å². The number of anilines is 2. The lowest BCUT2D eigenvalue weighted by Crippen LogP contribution is -2.37. The van der Waals surface area contributed by atoms with Crippen molar-refractivity contribution >= 4 is 52.4 Å². The van der Waals surface area contributed by atoms with Crippen molar-refractivity contribution < 1.29 is 19.1 Å². The van der Waals surface area contributed by atoms with Crippen LogP contribution in [0.3, 0.4) is 0 Å². The first-order valence-corrected chi connectivity index (χ1v) is 8.54. The zero-order chi connectivity index (χ0) is 20.0. The van der Waals surface area contributed by atoms with Crippen LogP contribution in [-0.2, 0) is 14.3 Å². The molecule has 142 valence electrons. The fourth-order valence-corrected chi connectivity index (χ4v) is 2.43. The van der Waals surface area contributed by atoms with Gasteiger partial charge >= 0.3 is 5.97 Å². The van der Waals surface area contributed by atoms with Crippen molar-refractivity contribution in [2.24, 2.45) is 0 Å². The number of nitrogen functional groups attached to an aromatic ring is 1. The summed E-state index contributed by atoms with van der Waals surface area (Å²) < 4.78 is 4.94. The molecule has 0 heterocycles. The number of esters is 1. The highest BCUT2D eigenvalue weighted by Gasteiger charge is 2.18. The molecule has 0 aliphatic rings. The van der Waals surface area contributed by atoms with Crippen molar-refractivity contribution in [3.63, 3.8) is 0 Å². The number of para-hydroxylation sites is 1. The Hall–Kier alpha value is -2.77. The van der Waals surface area contributed by atoms with Crippen LogP contribution in [-0.4, -0.2) is 42.9 Å². The number of carbonyl (C=O) groups excluding carboxylic acids is 3. The number of rotatable bonds is 6. The molecule has 3 N–H and O–H groups in total. The average Bonchev–Trinajstić information content (AvgIpc) is 2.63. The number of likely N-dealkylation sites (N-methyl/N-ethyl adjacent to an activating group) is 1. The molecule has 27 heavy (non-hydrogen) atoms. The van der Waals surface area contributed by atoms with Gasteiger partial charge in [0, 0.05) is 17.8 Å². The van der Waals surface area contributed by atoms with Gasteiger partial charge in [-0.25, -0.2) is 4.79 Å². The number of ether oxygens (including phenoxy) is 1. The lowest BCUT2D eigenvalue weighted by molar-refractivity contribution is -0.136. The normalized spacial score (nSPS) is 10.2. The van der Waals surface area contributed by atoms with Crippen LogP contribution in [0.4, 0.5) is 11.4 Å². The van der Waals surface area contributed by atoms with Gasteiger partial charge in [0.05, 0.1) is 22.8 Å². The fourth-order valence-electron chi connectivity index (χ4n) is 2.08. The summed E-state index contributed by atoms with van der Waals surface area (Å²) in [5.41, 5.74) is 6.38. The summed E-state index contributed by atoms with van der Waals surface area (Å²) >= 11 is 11.8. The van der Waals surface area contributed by atoms with Gasteiger partial charge in [0.25, 0.3) is 5.91 Å². The minimum atomic E-state index is -0.780. The SMILES string of the molecule is CN(CC(=O)Nc1ccccc1Cl)C(=O)COC(=O)c1cc(Cl)ccc1N. The zero-order valence-electron chi connectivity index (χ0n) is 14.4. The van der Waals surface area contributed by atoms with Crippen LogP contribution in [0.15, 0.2) is 42.5 Å². The molecule has 0 bridgehead atoms. The molecule has 2 aromatic carbocycles. The van der Waals surface area contributed by atoms with E-state index in [0.29, 0.717) is 15.7 Å². The van der Waals surface area contributed by atoms with Crippen LogP contribution in [0.2, 0.25) is 10.0 Å². The molecule has 0 spiro atoms. The zero-order valence-corrected chi connectivity index (χ0v) is 15.9. The van der Waals surface area contributed by atoms with E-state index < -0.39 is 24.4 Å². The molecule has 0 saturated heterocycles. The molecule has 0 atom stereocenters. The van der Waals surface area contributed by atoms with Gasteiger partial charge in [-0.05, 0) is 30.3 Å². The molecule has 0 unspecified atom stereocenters. The first-order valence-electron chi connectivity index (χ1n) is 7.78. The molecule has 9 heteroatoms. The topological polar surface area (TPSA) is 102 Å². The van der Waals surface area contributed by atoms with Crippen LogP contribution in [0.25, 0.3) is 0 Å². The van der Waals surface area contributed by atoms with Gasteiger partial charge in [-0.1, -0.05) is 35.3 Å². The molecular formula is C18H17Cl2N3O4. The fraction of sp³-hybridized carbons (Fsp3) is 0.167. The third kappa shape index (κ3) is 5.87. The summed E-state index contributed by atoms with van der Waals surface area (Å²) in [6.07, 6.45) is 0. The minimum absolute atomic E-state index is 0.0643. The molecule has 2 aromatic rings. The molecule has 0 fully saturated rings. The Morgan fingerprint density at radius 2 is 1.85 bits per heavy atom. The molecule has 0 aromatic heterocycles. The summed E-state index contributed by atoms with van der Waals surface area (Å²) in [6.45, 7) is -0.776. The van der Waals surface area contributed by atoms with Crippen molar-refractivity contribution in [3.8, 4) is 0 Å².